The second-order valence-corrected chi connectivity index (χ2v) is 6.80. The van der Waals surface area contributed by atoms with Crippen LogP contribution in [-0.2, 0) is 19.2 Å². The van der Waals surface area contributed by atoms with E-state index in [1.807, 2.05) is 30.3 Å². The molecule has 0 aromatic heterocycles. The van der Waals surface area contributed by atoms with Gasteiger partial charge in [-0.15, -0.1) is 0 Å². The van der Waals surface area contributed by atoms with Crippen molar-refractivity contribution in [1.29, 1.82) is 0 Å². The molecule has 158 valence electrons. The minimum atomic E-state index is -1.24. The normalized spacial score (nSPS) is 13.5. The average molecular weight is 413 g/mol. The fraction of sp³-hybridized carbons (Fsp3) is 0.286. The van der Waals surface area contributed by atoms with Crippen LogP contribution < -0.4 is 16.0 Å². The van der Waals surface area contributed by atoms with Crippen LogP contribution >= 0.6 is 0 Å². The van der Waals surface area contributed by atoms with E-state index >= 15 is 0 Å². The van der Waals surface area contributed by atoms with Gasteiger partial charge < -0.3 is 25.9 Å². The summed E-state index contributed by atoms with van der Waals surface area (Å²) in [6.07, 6.45) is -0.249. The topological polar surface area (TPSA) is 142 Å². The van der Waals surface area contributed by atoms with E-state index in [2.05, 4.69) is 16.0 Å². The Hall–Kier alpha value is -3.75. The second kappa shape index (κ2) is 10.1. The van der Waals surface area contributed by atoms with Crippen LogP contribution in [0.3, 0.4) is 0 Å². The van der Waals surface area contributed by atoms with Crippen molar-refractivity contribution in [3.05, 3.63) is 48.0 Å². The van der Waals surface area contributed by atoms with Gasteiger partial charge in [0.05, 0.1) is 12.5 Å². The summed E-state index contributed by atoms with van der Waals surface area (Å²) in [5.41, 5.74) is 0.418. The summed E-state index contributed by atoms with van der Waals surface area (Å²) in [7, 11) is 0. The second-order valence-electron chi connectivity index (χ2n) is 6.80. The molecule has 9 nitrogen and oxygen atoms in total. The quantitative estimate of drug-likeness (QED) is 0.444. The molecule has 0 unspecified atom stereocenters. The average Bonchev–Trinajstić information content (AvgIpc) is 2.72. The molecule has 0 saturated heterocycles. The van der Waals surface area contributed by atoms with Crippen LogP contribution in [0.25, 0.3) is 10.8 Å². The molecule has 0 bridgehead atoms. The van der Waals surface area contributed by atoms with Crippen molar-refractivity contribution in [2.45, 2.75) is 38.4 Å². The molecule has 2 rings (SSSR count). The molecule has 0 aliphatic rings. The number of fused-ring (bicyclic) bond motifs is 1. The number of nitrogens with one attached hydrogen (secondary N) is 3. The van der Waals surface area contributed by atoms with E-state index in [9.17, 15) is 24.0 Å². The smallest absolute Gasteiger partial charge is 0.305 e. The Bertz CT molecular complexity index is 969. The first-order chi connectivity index (χ1) is 14.2. The van der Waals surface area contributed by atoms with Gasteiger partial charge in [0.25, 0.3) is 5.91 Å². The monoisotopic (exact) mass is 413 g/mol. The number of carboxylic acids is 1. The molecule has 0 aliphatic carbocycles. The lowest BCUT2D eigenvalue weighted by molar-refractivity contribution is -0.139. The lowest BCUT2D eigenvalue weighted by Gasteiger charge is -2.20. The van der Waals surface area contributed by atoms with E-state index in [0.29, 0.717) is 11.8 Å². The first-order valence-electron chi connectivity index (χ1n) is 9.29. The standard InChI is InChI=1S/C21H23N3O6/c1-12(19(28)22-13(2)20(29)24-15(11-25)10-18(26)27)23-21(30)17-9-5-7-14-6-3-4-8-16(14)17/h3-9,11-13,15H,10H2,1-2H3,(H,22,28)(H,23,30)(H,24,29)(H,26,27)/t12-,13-,15-/m0/s1. The number of carboxylic acid groups (broad SMARTS) is 1. The molecule has 0 radical (unpaired) electrons. The zero-order valence-electron chi connectivity index (χ0n) is 16.5. The molecule has 0 spiro atoms. The van der Waals surface area contributed by atoms with Gasteiger partial charge in [-0.3, -0.25) is 19.2 Å². The van der Waals surface area contributed by atoms with Gasteiger partial charge in [0.1, 0.15) is 18.4 Å². The number of hydrogen-bond acceptors (Lipinski definition) is 5. The maximum atomic E-state index is 12.6. The number of carbonyl (C=O) groups excluding carboxylic acids is 4. The van der Waals surface area contributed by atoms with Gasteiger partial charge in [0, 0.05) is 5.56 Å². The van der Waals surface area contributed by atoms with Gasteiger partial charge in [0.15, 0.2) is 0 Å². The van der Waals surface area contributed by atoms with E-state index in [4.69, 9.17) is 5.11 Å². The van der Waals surface area contributed by atoms with Gasteiger partial charge in [-0.05, 0) is 30.7 Å². The molecule has 3 amide bonds. The SMILES string of the molecule is C[C@H](NC(=O)c1cccc2ccccc12)C(=O)N[C@@H](C)C(=O)N[C@H](C=O)CC(=O)O. The third-order valence-electron chi connectivity index (χ3n) is 4.41. The highest BCUT2D eigenvalue weighted by Crippen LogP contribution is 2.18. The van der Waals surface area contributed by atoms with Crippen LogP contribution in [0.2, 0.25) is 0 Å². The summed E-state index contributed by atoms with van der Waals surface area (Å²) in [4.78, 5) is 58.6. The Morgan fingerprint density at radius 3 is 2.17 bits per heavy atom. The van der Waals surface area contributed by atoms with Crippen molar-refractivity contribution >= 4 is 40.7 Å². The van der Waals surface area contributed by atoms with Crippen molar-refractivity contribution < 1.29 is 29.1 Å². The fourth-order valence-electron chi connectivity index (χ4n) is 2.80. The van der Waals surface area contributed by atoms with Crippen molar-refractivity contribution in [2.24, 2.45) is 0 Å². The lowest BCUT2D eigenvalue weighted by Crippen LogP contribution is -2.53. The molecule has 30 heavy (non-hydrogen) atoms. The molecule has 9 heteroatoms. The lowest BCUT2D eigenvalue weighted by atomic mass is 10.0. The molecule has 0 aliphatic heterocycles. The number of carbonyl (C=O) groups is 5. The highest BCUT2D eigenvalue weighted by atomic mass is 16.4. The summed E-state index contributed by atoms with van der Waals surface area (Å²) in [5, 5.41) is 17.6. The highest BCUT2D eigenvalue weighted by Gasteiger charge is 2.24. The van der Waals surface area contributed by atoms with Crippen LogP contribution in [-0.4, -0.2) is 53.2 Å². The maximum absolute atomic E-state index is 12.6. The first-order valence-corrected chi connectivity index (χ1v) is 9.29. The molecule has 0 fully saturated rings. The molecule has 2 aromatic rings. The van der Waals surface area contributed by atoms with Crippen molar-refractivity contribution in [3.63, 3.8) is 0 Å². The molecular formula is C21H23N3O6. The first kappa shape index (κ1) is 22.5. The van der Waals surface area contributed by atoms with Crippen molar-refractivity contribution in [2.75, 3.05) is 0 Å². The molecule has 3 atom stereocenters. The largest absolute Gasteiger partial charge is 0.481 e. The Balaban J connectivity index is 1.96. The van der Waals surface area contributed by atoms with Crippen LogP contribution in [0.1, 0.15) is 30.6 Å². The predicted molar refractivity (Wildman–Crippen MR) is 109 cm³/mol. The Kier molecular flexibility index (Phi) is 7.62. The summed E-state index contributed by atoms with van der Waals surface area (Å²) < 4.78 is 0. The van der Waals surface area contributed by atoms with Crippen LogP contribution in [0, 0.1) is 0 Å². The summed E-state index contributed by atoms with van der Waals surface area (Å²) in [5.74, 6) is -3.00. The fourth-order valence-corrected chi connectivity index (χ4v) is 2.80. The van der Waals surface area contributed by atoms with E-state index in [-0.39, 0.29) is 0 Å². The van der Waals surface area contributed by atoms with E-state index in [0.717, 1.165) is 10.8 Å². The number of benzene rings is 2. The van der Waals surface area contributed by atoms with Gasteiger partial charge in [-0.2, -0.15) is 0 Å². The van der Waals surface area contributed by atoms with Crippen LogP contribution in [0.5, 0.6) is 0 Å². The summed E-state index contributed by atoms with van der Waals surface area (Å²) in [6.45, 7) is 2.86. The molecular weight excluding hydrogens is 390 g/mol. The van der Waals surface area contributed by atoms with Crippen LogP contribution in [0.15, 0.2) is 42.5 Å². The molecule has 0 saturated carbocycles. The van der Waals surface area contributed by atoms with Gasteiger partial charge >= 0.3 is 5.97 Å². The summed E-state index contributed by atoms with van der Waals surface area (Å²) in [6, 6.07) is 9.46. The third-order valence-corrected chi connectivity index (χ3v) is 4.41. The third kappa shape index (κ3) is 5.87. The van der Waals surface area contributed by atoms with Crippen molar-refractivity contribution in [3.8, 4) is 0 Å². The zero-order valence-corrected chi connectivity index (χ0v) is 16.5. The van der Waals surface area contributed by atoms with Gasteiger partial charge in [-0.1, -0.05) is 36.4 Å². The number of amides is 3. The van der Waals surface area contributed by atoms with Crippen molar-refractivity contribution in [1.82, 2.24) is 16.0 Å². The molecule has 0 heterocycles. The number of aldehydes is 1. The number of rotatable bonds is 9. The van der Waals surface area contributed by atoms with E-state index < -0.39 is 48.2 Å². The van der Waals surface area contributed by atoms with Gasteiger partial charge in [0.2, 0.25) is 11.8 Å². The number of hydrogen-bond donors (Lipinski definition) is 4. The predicted octanol–water partition coefficient (Wildman–Crippen LogP) is 0.621. The highest BCUT2D eigenvalue weighted by molar-refractivity contribution is 6.08. The Labute approximate surface area is 172 Å². The van der Waals surface area contributed by atoms with Gasteiger partial charge in [-0.25, -0.2) is 0 Å². The van der Waals surface area contributed by atoms with E-state index in [1.165, 1.54) is 13.8 Å². The summed E-state index contributed by atoms with van der Waals surface area (Å²) >= 11 is 0. The molecule has 4 N–H and O–H groups in total. The minimum absolute atomic E-state index is 0.313. The number of aliphatic carboxylic acids is 1. The molecule has 2 aromatic carbocycles. The Morgan fingerprint density at radius 2 is 1.50 bits per heavy atom. The Morgan fingerprint density at radius 1 is 0.900 bits per heavy atom. The zero-order chi connectivity index (χ0) is 22.3. The minimum Gasteiger partial charge on any atom is -0.481 e. The van der Waals surface area contributed by atoms with E-state index in [1.54, 1.807) is 12.1 Å². The maximum Gasteiger partial charge on any atom is 0.305 e. The van der Waals surface area contributed by atoms with Crippen LogP contribution in [0.4, 0.5) is 0 Å².